The number of para-hydroxylation sites is 1. The van der Waals surface area contributed by atoms with E-state index in [0.29, 0.717) is 19.5 Å². The molecule has 1 aromatic rings. The minimum Gasteiger partial charge on any atom is -0.477 e. The molecule has 0 radical (unpaired) electrons. The molecule has 1 fully saturated rings. The molecule has 0 aromatic heterocycles. The summed E-state index contributed by atoms with van der Waals surface area (Å²) in [4.78, 5) is 13.5. The minimum atomic E-state index is -0.568. The molecule has 1 aromatic carbocycles. The number of likely N-dealkylation sites (N-methyl/N-ethyl adjacent to an activating group) is 1. The van der Waals surface area contributed by atoms with E-state index >= 15 is 0 Å². The quantitative estimate of drug-likeness (QED) is 0.810. The highest BCUT2D eigenvalue weighted by Gasteiger charge is 2.32. The van der Waals surface area contributed by atoms with Gasteiger partial charge < -0.3 is 15.0 Å². The lowest BCUT2D eigenvalue weighted by Gasteiger charge is -2.17. The molecule has 20 heavy (non-hydrogen) atoms. The van der Waals surface area contributed by atoms with Crippen molar-refractivity contribution in [3.63, 3.8) is 0 Å². The maximum absolute atomic E-state index is 14.0. The minimum absolute atomic E-state index is 0.0827. The number of hydrogen-bond acceptors (Lipinski definition) is 3. The second-order valence-corrected chi connectivity index (χ2v) is 5.06. The summed E-state index contributed by atoms with van der Waals surface area (Å²) in [7, 11) is 1.73. The first-order chi connectivity index (χ1) is 9.63. The molecule has 1 atom stereocenters. The standard InChI is InChI=1S/C15H21FN2O2/c1-3-8-17-10-11-5-4-6-12(16)14(11)20-13-7-9-18(2)15(13)19/h4-6,13,17H,3,7-10H2,1-2H3. The summed E-state index contributed by atoms with van der Waals surface area (Å²) >= 11 is 0. The Kier molecular flexibility index (Phi) is 4.95. The number of rotatable bonds is 6. The number of carbonyl (C=O) groups is 1. The molecule has 1 heterocycles. The van der Waals surface area contributed by atoms with Crippen molar-refractivity contribution in [2.45, 2.75) is 32.4 Å². The molecule has 1 amide bonds. The second kappa shape index (κ2) is 6.70. The average Bonchev–Trinajstić information content (AvgIpc) is 2.74. The number of nitrogens with one attached hydrogen (secondary N) is 1. The van der Waals surface area contributed by atoms with Gasteiger partial charge in [-0.15, -0.1) is 0 Å². The number of nitrogens with zero attached hydrogens (tertiary/aromatic N) is 1. The molecule has 5 heteroatoms. The van der Waals surface area contributed by atoms with E-state index in [1.165, 1.54) is 6.07 Å². The van der Waals surface area contributed by atoms with E-state index in [0.717, 1.165) is 18.5 Å². The summed E-state index contributed by atoms with van der Waals surface area (Å²) in [5, 5.41) is 3.22. The number of ether oxygens (including phenoxy) is 1. The summed E-state index contributed by atoms with van der Waals surface area (Å²) < 4.78 is 19.6. The van der Waals surface area contributed by atoms with Crippen molar-refractivity contribution in [3.8, 4) is 5.75 Å². The Hall–Kier alpha value is -1.62. The van der Waals surface area contributed by atoms with Crippen molar-refractivity contribution in [2.24, 2.45) is 0 Å². The van der Waals surface area contributed by atoms with Crippen LogP contribution in [-0.4, -0.2) is 37.0 Å². The van der Waals surface area contributed by atoms with E-state index in [1.54, 1.807) is 18.0 Å². The van der Waals surface area contributed by atoms with Gasteiger partial charge >= 0.3 is 0 Å². The number of halogens is 1. The first-order valence-electron chi connectivity index (χ1n) is 7.03. The van der Waals surface area contributed by atoms with Crippen molar-refractivity contribution in [3.05, 3.63) is 29.6 Å². The predicted molar refractivity (Wildman–Crippen MR) is 75.1 cm³/mol. The number of benzene rings is 1. The lowest BCUT2D eigenvalue weighted by atomic mass is 10.2. The van der Waals surface area contributed by atoms with E-state index < -0.39 is 11.9 Å². The van der Waals surface area contributed by atoms with Crippen molar-refractivity contribution in [1.82, 2.24) is 10.2 Å². The zero-order chi connectivity index (χ0) is 14.5. The summed E-state index contributed by atoms with van der Waals surface area (Å²) in [5.74, 6) is -0.298. The third-order valence-electron chi connectivity index (χ3n) is 3.43. The predicted octanol–water partition coefficient (Wildman–Crippen LogP) is 1.93. The van der Waals surface area contributed by atoms with Crippen LogP contribution < -0.4 is 10.1 Å². The van der Waals surface area contributed by atoms with Crippen LogP contribution in [0.25, 0.3) is 0 Å². The summed E-state index contributed by atoms with van der Waals surface area (Å²) in [6, 6.07) is 4.85. The Morgan fingerprint density at radius 2 is 2.30 bits per heavy atom. The van der Waals surface area contributed by atoms with Gasteiger partial charge in [0.2, 0.25) is 0 Å². The SMILES string of the molecule is CCCNCc1cccc(F)c1OC1CCN(C)C1=O. The molecular formula is C15H21FN2O2. The monoisotopic (exact) mass is 280 g/mol. The van der Waals surface area contributed by atoms with Gasteiger partial charge in [-0.2, -0.15) is 0 Å². The van der Waals surface area contributed by atoms with Crippen molar-refractivity contribution in [2.75, 3.05) is 20.1 Å². The fraction of sp³-hybridized carbons (Fsp3) is 0.533. The molecule has 0 aliphatic carbocycles. The highest BCUT2D eigenvalue weighted by Crippen LogP contribution is 2.26. The van der Waals surface area contributed by atoms with Crippen molar-refractivity contribution in [1.29, 1.82) is 0 Å². The Morgan fingerprint density at radius 3 is 2.95 bits per heavy atom. The average molecular weight is 280 g/mol. The summed E-state index contributed by atoms with van der Waals surface area (Å²) in [6.45, 7) is 4.13. The molecule has 0 saturated carbocycles. The molecule has 110 valence electrons. The summed E-state index contributed by atoms with van der Waals surface area (Å²) in [5.41, 5.74) is 0.751. The van der Waals surface area contributed by atoms with Crippen LogP contribution in [-0.2, 0) is 11.3 Å². The van der Waals surface area contributed by atoms with E-state index in [1.807, 2.05) is 6.07 Å². The Labute approximate surface area is 118 Å². The van der Waals surface area contributed by atoms with Gasteiger partial charge in [0.15, 0.2) is 17.7 Å². The molecule has 1 aliphatic rings. The molecule has 0 bridgehead atoms. The zero-order valence-electron chi connectivity index (χ0n) is 12.0. The first-order valence-corrected chi connectivity index (χ1v) is 7.03. The largest absolute Gasteiger partial charge is 0.477 e. The topological polar surface area (TPSA) is 41.6 Å². The van der Waals surface area contributed by atoms with Gasteiger partial charge in [-0.05, 0) is 19.0 Å². The third kappa shape index (κ3) is 3.28. The maximum atomic E-state index is 14.0. The van der Waals surface area contributed by atoms with E-state index in [2.05, 4.69) is 12.2 Å². The Bertz CT molecular complexity index is 479. The lowest BCUT2D eigenvalue weighted by Crippen LogP contribution is -2.30. The van der Waals surface area contributed by atoms with Crippen LogP contribution in [0.3, 0.4) is 0 Å². The molecule has 2 rings (SSSR count). The number of likely N-dealkylation sites (tertiary alicyclic amines) is 1. The molecule has 1 unspecified atom stereocenters. The molecule has 1 N–H and O–H groups in total. The Morgan fingerprint density at radius 1 is 1.50 bits per heavy atom. The van der Waals surface area contributed by atoms with E-state index in [-0.39, 0.29) is 11.7 Å². The number of carbonyl (C=O) groups excluding carboxylic acids is 1. The first kappa shape index (κ1) is 14.8. The third-order valence-corrected chi connectivity index (χ3v) is 3.43. The van der Waals surface area contributed by atoms with Crippen LogP contribution in [0.15, 0.2) is 18.2 Å². The van der Waals surface area contributed by atoms with Gasteiger partial charge in [-0.1, -0.05) is 19.1 Å². The summed E-state index contributed by atoms with van der Waals surface area (Å²) in [6.07, 6.45) is 1.05. The fourth-order valence-electron chi connectivity index (χ4n) is 2.27. The highest BCUT2D eigenvalue weighted by atomic mass is 19.1. The lowest BCUT2D eigenvalue weighted by molar-refractivity contribution is -0.132. The molecule has 1 aliphatic heterocycles. The van der Waals surface area contributed by atoms with Crippen molar-refractivity contribution < 1.29 is 13.9 Å². The van der Waals surface area contributed by atoms with Crippen molar-refractivity contribution >= 4 is 5.91 Å². The highest BCUT2D eigenvalue weighted by molar-refractivity contribution is 5.83. The molecular weight excluding hydrogens is 259 g/mol. The van der Waals surface area contributed by atoms with Crippen LogP contribution >= 0.6 is 0 Å². The van der Waals surface area contributed by atoms with Gasteiger partial charge in [0.25, 0.3) is 5.91 Å². The van der Waals surface area contributed by atoms with Gasteiger partial charge in [0.1, 0.15) is 0 Å². The van der Waals surface area contributed by atoms with Crippen LogP contribution in [0.4, 0.5) is 4.39 Å². The molecule has 0 spiro atoms. The molecule has 4 nitrogen and oxygen atoms in total. The second-order valence-electron chi connectivity index (χ2n) is 5.06. The maximum Gasteiger partial charge on any atom is 0.263 e. The van der Waals surface area contributed by atoms with E-state index in [4.69, 9.17) is 4.74 Å². The van der Waals surface area contributed by atoms with Gasteiger partial charge in [-0.25, -0.2) is 4.39 Å². The smallest absolute Gasteiger partial charge is 0.263 e. The molecule has 1 saturated heterocycles. The number of hydrogen-bond donors (Lipinski definition) is 1. The van der Waals surface area contributed by atoms with Crippen LogP contribution in [0, 0.1) is 5.82 Å². The van der Waals surface area contributed by atoms with Crippen LogP contribution in [0.1, 0.15) is 25.3 Å². The number of amides is 1. The van der Waals surface area contributed by atoms with Gasteiger partial charge in [0, 0.05) is 32.1 Å². The van der Waals surface area contributed by atoms with Gasteiger partial charge in [-0.3, -0.25) is 4.79 Å². The Balaban J connectivity index is 2.11. The van der Waals surface area contributed by atoms with Crippen LogP contribution in [0.5, 0.6) is 5.75 Å². The van der Waals surface area contributed by atoms with Gasteiger partial charge in [0.05, 0.1) is 0 Å². The van der Waals surface area contributed by atoms with Crippen LogP contribution in [0.2, 0.25) is 0 Å². The zero-order valence-corrected chi connectivity index (χ0v) is 12.0. The van der Waals surface area contributed by atoms with E-state index in [9.17, 15) is 9.18 Å². The fourth-order valence-corrected chi connectivity index (χ4v) is 2.27. The normalized spacial score (nSPS) is 18.6.